The first kappa shape index (κ1) is 44.0. The number of H-pyrrole nitrogens is 2. The number of carboxylic acid groups (broad SMARTS) is 1. The summed E-state index contributed by atoms with van der Waals surface area (Å²) < 4.78 is 0. The van der Waals surface area contributed by atoms with Crippen LogP contribution in [0.25, 0.3) is 33.2 Å². The van der Waals surface area contributed by atoms with Gasteiger partial charge in [-0.25, -0.2) is 9.78 Å². The molecule has 5 rings (SSSR count). The van der Waals surface area contributed by atoms with Crippen LogP contribution in [0.2, 0.25) is 0 Å². The van der Waals surface area contributed by atoms with Gasteiger partial charge in [-0.2, -0.15) is 0 Å². The molecule has 58 heavy (non-hydrogen) atoms. The van der Waals surface area contributed by atoms with Gasteiger partial charge in [0.2, 0.25) is 11.8 Å². The highest BCUT2D eigenvalue weighted by molar-refractivity contribution is 6.03. The number of unbranched alkanes of at least 4 members (excludes halogenated alkanes) is 2. The van der Waals surface area contributed by atoms with Crippen molar-refractivity contribution in [1.82, 2.24) is 40.4 Å². The number of carbonyl (C=O) groups excluding carboxylic acids is 2. The summed E-state index contributed by atoms with van der Waals surface area (Å²) in [5.74, 6) is -1.79. The zero-order valence-corrected chi connectivity index (χ0v) is 36.1. The van der Waals surface area contributed by atoms with E-state index in [2.05, 4.69) is 63.8 Å². The predicted molar refractivity (Wildman–Crippen MR) is 235 cm³/mol. The quantitative estimate of drug-likeness (QED) is 0.0832. The molecule has 12 nitrogen and oxygen atoms in total. The number of nitrogens with zero attached hydrogens (tertiary/aromatic N) is 4. The number of aryl methyl sites for hydroxylation is 3. The number of aromatic amines is 2. The lowest BCUT2D eigenvalue weighted by atomic mass is 9.84. The molecule has 0 spiro atoms. The number of carboxylic acids is 1. The van der Waals surface area contributed by atoms with Crippen LogP contribution in [0.3, 0.4) is 0 Å². The van der Waals surface area contributed by atoms with E-state index in [0.717, 1.165) is 95.6 Å². The Morgan fingerprint density at radius 3 is 2.07 bits per heavy atom. The summed E-state index contributed by atoms with van der Waals surface area (Å²) in [6.07, 6.45) is 6.86. The fourth-order valence-electron chi connectivity index (χ4n) is 8.26. The second-order valence-corrected chi connectivity index (χ2v) is 16.4. The van der Waals surface area contributed by atoms with Crippen LogP contribution in [0.15, 0.2) is 30.9 Å². The van der Waals surface area contributed by atoms with E-state index in [4.69, 9.17) is 9.97 Å². The maximum absolute atomic E-state index is 13.9. The van der Waals surface area contributed by atoms with Gasteiger partial charge in [-0.15, -0.1) is 0 Å². The molecule has 5 heterocycles. The van der Waals surface area contributed by atoms with Crippen molar-refractivity contribution in [1.29, 1.82) is 0 Å². The van der Waals surface area contributed by atoms with E-state index >= 15 is 0 Å². The smallest absolute Gasteiger partial charge is 0.338 e. The molecule has 0 aromatic carbocycles. The zero-order valence-electron chi connectivity index (χ0n) is 36.1. The first-order chi connectivity index (χ1) is 27.6. The van der Waals surface area contributed by atoms with Crippen molar-refractivity contribution >= 4 is 51.0 Å². The topological polar surface area (TPSA) is 159 Å². The van der Waals surface area contributed by atoms with E-state index in [1.54, 1.807) is 6.92 Å². The Hall–Kier alpha value is -5.07. The average molecular weight is 793 g/mol. The molecule has 0 aliphatic carbocycles. The molecule has 3 aromatic heterocycles. The van der Waals surface area contributed by atoms with Gasteiger partial charge in [0.1, 0.15) is 0 Å². The Balaban J connectivity index is 1.75. The van der Waals surface area contributed by atoms with Crippen LogP contribution in [0.1, 0.15) is 127 Å². The SMILES string of the molecule is C=CC1=C(C)c2cc3nc(c(CC(=O)NCCCCN(C)C)c4[nH]c(cc5[nH]c(cc1n2)c(C)c5CC)c(C)c4C(=O)O)[C@@H](CCC(=O)NCCCCN(C)C)[C@@H]3C. The summed E-state index contributed by atoms with van der Waals surface area (Å²) in [7, 11) is 8.13. The Bertz CT molecular complexity index is 2230. The largest absolute Gasteiger partial charge is 0.478 e. The monoisotopic (exact) mass is 793 g/mol. The number of amides is 2. The summed E-state index contributed by atoms with van der Waals surface area (Å²) in [6.45, 7) is 17.2. The first-order valence-electron chi connectivity index (χ1n) is 20.8. The fourth-order valence-corrected chi connectivity index (χ4v) is 8.26. The molecule has 5 N–H and O–H groups in total. The number of hydrogen-bond acceptors (Lipinski definition) is 7. The standard InChI is InChI=1S/C46H64N8O4/c1-11-31-27(3)35-24-37-29(5)33(17-18-41(55)47-19-13-15-21-53(7)8)44(51-37)34(23-42(56)48-20-14-16-22-54(9)10)45-43(46(57)58)30(6)38(52-45)26-40-32(12-2)28(4)36(50-40)25-39(31)49-35/h11,24-26,29,33,50,52H,1,12-23H2,2-10H3,(H,47,55)(H,48,56)(H,57,58)/t29-,33-/m0/s1. The van der Waals surface area contributed by atoms with E-state index in [-0.39, 0.29) is 42.1 Å². The van der Waals surface area contributed by atoms with Gasteiger partial charge in [-0.3, -0.25) is 14.6 Å². The number of rotatable bonds is 18. The lowest BCUT2D eigenvalue weighted by molar-refractivity contribution is -0.121. The minimum atomic E-state index is -1.09. The predicted octanol–water partition coefficient (Wildman–Crippen LogP) is 7.43. The molecular weight excluding hydrogens is 729 g/mol. The molecule has 2 atom stereocenters. The fraction of sp³-hybridized carbons (Fsp3) is 0.500. The Morgan fingerprint density at radius 1 is 0.828 bits per heavy atom. The molecule has 312 valence electrons. The molecule has 0 fully saturated rings. The molecule has 3 aromatic rings. The van der Waals surface area contributed by atoms with Crippen LogP contribution >= 0.6 is 0 Å². The minimum Gasteiger partial charge on any atom is -0.478 e. The van der Waals surface area contributed by atoms with Crippen LogP contribution in [0, 0.1) is 13.8 Å². The van der Waals surface area contributed by atoms with Crippen LogP contribution in [0.4, 0.5) is 0 Å². The molecule has 0 saturated carbocycles. The maximum Gasteiger partial charge on any atom is 0.338 e. The van der Waals surface area contributed by atoms with Gasteiger partial charge in [-0.1, -0.05) is 26.5 Å². The number of allylic oxidation sites excluding steroid dienone is 3. The number of aromatic nitrogens is 4. The molecule has 8 bridgehead atoms. The van der Waals surface area contributed by atoms with Crippen LogP contribution in [0.5, 0.6) is 0 Å². The molecule has 0 saturated heterocycles. The lowest BCUT2D eigenvalue weighted by Gasteiger charge is -2.18. The maximum atomic E-state index is 13.9. The van der Waals surface area contributed by atoms with Crippen LogP contribution in [-0.2, 0) is 22.4 Å². The van der Waals surface area contributed by atoms with E-state index in [1.165, 1.54) is 0 Å². The second-order valence-electron chi connectivity index (χ2n) is 16.4. The minimum absolute atomic E-state index is 0.0421. The van der Waals surface area contributed by atoms with Crippen molar-refractivity contribution in [2.45, 2.75) is 97.8 Å². The number of fused-ring (bicyclic) bond motifs is 8. The van der Waals surface area contributed by atoms with E-state index in [9.17, 15) is 19.5 Å². The molecular formula is C46H64N8O4. The zero-order chi connectivity index (χ0) is 42.3. The van der Waals surface area contributed by atoms with Gasteiger partial charge in [0.25, 0.3) is 0 Å². The highest BCUT2D eigenvalue weighted by atomic mass is 16.4. The second kappa shape index (κ2) is 19.6. The third-order valence-corrected chi connectivity index (χ3v) is 11.7. The molecule has 12 heteroatoms. The number of nitrogens with one attached hydrogen (secondary N) is 4. The Labute approximate surface area is 343 Å². The lowest BCUT2D eigenvalue weighted by Crippen LogP contribution is -2.28. The summed E-state index contributed by atoms with van der Waals surface area (Å²) >= 11 is 0. The third-order valence-electron chi connectivity index (χ3n) is 11.7. The number of carbonyl (C=O) groups is 3. The van der Waals surface area contributed by atoms with Crippen molar-refractivity contribution < 1.29 is 19.5 Å². The first-order valence-corrected chi connectivity index (χ1v) is 20.8. The van der Waals surface area contributed by atoms with Gasteiger partial charge in [0.05, 0.1) is 34.6 Å². The third kappa shape index (κ3) is 10.1. The van der Waals surface area contributed by atoms with Crippen molar-refractivity contribution in [3.05, 3.63) is 81.4 Å². The average Bonchev–Trinajstić information content (AvgIpc) is 3.85. The number of aromatic carboxylic acids is 1. The normalized spacial score (nSPS) is 15.4. The van der Waals surface area contributed by atoms with Crippen molar-refractivity contribution in [3.63, 3.8) is 0 Å². The molecule has 0 radical (unpaired) electrons. The summed E-state index contributed by atoms with van der Waals surface area (Å²) in [4.78, 5) is 62.2. The van der Waals surface area contributed by atoms with Gasteiger partial charge < -0.3 is 35.5 Å². The molecule has 2 aliphatic rings. The Morgan fingerprint density at radius 2 is 1.47 bits per heavy atom. The van der Waals surface area contributed by atoms with E-state index in [0.29, 0.717) is 47.4 Å². The Kier molecular flexibility index (Phi) is 14.9. The van der Waals surface area contributed by atoms with Crippen LogP contribution < -0.4 is 10.6 Å². The highest BCUT2D eigenvalue weighted by Crippen LogP contribution is 2.43. The van der Waals surface area contributed by atoms with Crippen LogP contribution in [-0.4, -0.2) is 107 Å². The van der Waals surface area contributed by atoms with Crippen molar-refractivity contribution in [2.75, 3.05) is 54.4 Å². The molecule has 2 aliphatic heterocycles. The van der Waals surface area contributed by atoms with Gasteiger partial charge in [-0.05, 0) is 141 Å². The van der Waals surface area contributed by atoms with Gasteiger partial charge in [0, 0.05) is 64.7 Å². The highest BCUT2D eigenvalue weighted by Gasteiger charge is 2.34. The number of hydrogen-bond donors (Lipinski definition) is 5. The molecule has 2 amide bonds. The summed E-state index contributed by atoms with van der Waals surface area (Å²) in [5, 5.41) is 17.0. The van der Waals surface area contributed by atoms with E-state index < -0.39 is 5.97 Å². The van der Waals surface area contributed by atoms with E-state index in [1.807, 2.05) is 53.3 Å². The summed E-state index contributed by atoms with van der Waals surface area (Å²) in [6, 6.07) is 6.03. The van der Waals surface area contributed by atoms with Crippen molar-refractivity contribution in [2.24, 2.45) is 0 Å². The summed E-state index contributed by atoms with van der Waals surface area (Å²) in [5.41, 5.74) is 11.0. The van der Waals surface area contributed by atoms with Crippen molar-refractivity contribution in [3.8, 4) is 0 Å². The molecule has 0 unspecified atom stereocenters. The van der Waals surface area contributed by atoms with Gasteiger partial charge in [0.15, 0.2) is 0 Å². The van der Waals surface area contributed by atoms with Gasteiger partial charge >= 0.3 is 5.97 Å².